The first-order chi connectivity index (χ1) is 11.7. The maximum atomic E-state index is 6.24. The number of hydrogen-bond donors (Lipinski definition) is 2. The fraction of sp³-hybridized carbons (Fsp3) is 0.556. The fourth-order valence-corrected chi connectivity index (χ4v) is 2.44. The van der Waals surface area contributed by atoms with Gasteiger partial charge >= 0.3 is 0 Å². The van der Waals surface area contributed by atoms with Gasteiger partial charge in [0.25, 0.3) is 0 Å². The van der Waals surface area contributed by atoms with Crippen LogP contribution >= 0.6 is 23.8 Å². The lowest BCUT2D eigenvalue weighted by atomic mass is 10.1. The minimum absolute atomic E-state index is 0.456. The molecule has 4 nitrogen and oxygen atoms in total. The zero-order valence-corrected chi connectivity index (χ0v) is 16.2. The zero-order valence-electron chi connectivity index (χ0n) is 14.6. The van der Waals surface area contributed by atoms with Crippen molar-refractivity contribution < 1.29 is 4.74 Å². The summed E-state index contributed by atoms with van der Waals surface area (Å²) in [5, 5.41) is 7.85. The van der Waals surface area contributed by atoms with Crippen LogP contribution in [-0.2, 0) is 0 Å². The van der Waals surface area contributed by atoms with Crippen molar-refractivity contribution in [2.45, 2.75) is 51.9 Å². The van der Waals surface area contributed by atoms with Gasteiger partial charge in [-0.05, 0) is 36.8 Å². The van der Waals surface area contributed by atoms with E-state index in [0.29, 0.717) is 10.1 Å². The number of nitrogens with one attached hydrogen (secondary N) is 2. The SMILES string of the molecule is CCCCCCCCCOc1ccc(/C=N/NC(=S)NC)c(Cl)c1. The number of halogens is 1. The number of nitrogens with zero attached hydrogens (tertiary/aromatic N) is 1. The van der Waals surface area contributed by atoms with Gasteiger partial charge in [-0.1, -0.05) is 57.0 Å². The minimum Gasteiger partial charge on any atom is -0.494 e. The number of benzene rings is 1. The lowest BCUT2D eigenvalue weighted by Crippen LogP contribution is -2.28. The highest BCUT2D eigenvalue weighted by atomic mass is 35.5. The molecular formula is C18H28ClN3OS. The molecule has 1 aromatic rings. The third kappa shape index (κ3) is 9.08. The summed E-state index contributed by atoms with van der Waals surface area (Å²) in [6.45, 7) is 2.97. The van der Waals surface area contributed by atoms with Crippen LogP contribution in [-0.4, -0.2) is 25.0 Å². The van der Waals surface area contributed by atoms with E-state index in [9.17, 15) is 0 Å². The van der Waals surface area contributed by atoms with Gasteiger partial charge in [0, 0.05) is 12.6 Å². The van der Waals surface area contributed by atoms with Gasteiger partial charge in [-0.25, -0.2) is 0 Å². The third-order valence-corrected chi connectivity index (χ3v) is 4.21. The fourth-order valence-electron chi connectivity index (χ4n) is 2.17. The minimum atomic E-state index is 0.456. The Morgan fingerprint density at radius 3 is 2.58 bits per heavy atom. The number of hydrazone groups is 1. The predicted octanol–water partition coefficient (Wildman–Crippen LogP) is 4.90. The molecule has 0 unspecified atom stereocenters. The molecule has 0 saturated carbocycles. The Morgan fingerprint density at radius 1 is 1.21 bits per heavy atom. The maximum absolute atomic E-state index is 6.24. The van der Waals surface area contributed by atoms with E-state index >= 15 is 0 Å². The van der Waals surface area contributed by atoms with Crippen molar-refractivity contribution in [2.24, 2.45) is 5.10 Å². The second-order valence-corrected chi connectivity index (χ2v) is 6.42. The van der Waals surface area contributed by atoms with Crippen LogP contribution in [0.1, 0.15) is 57.4 Å². The van der Waals surface area contributed by atoms with Crippen LogP contribution in [0.3, 0.4) is 0 Å². The number of rotatable bonds is 11. The van der Waals surface area contributed by atoms with Crippen LogP contribution in [0.2, 0.25) is 5.02 Å². The normalized spacial score (nSPS) is 10.8. The van der Waals surface area contributed by atoms with E-state index in [1.54, 1.807) is 13.3 Å². The van der Waals surface area contributed by atoms with Gasteiger partial charge in [0.05, 0.1) is 17.8 Å². The van der Waals surface area contributed by atoms with Crippen LogP contribution in [0.15, 0.2) is 23.3 Å². The Balaban J connectivity index is 2.28. The second-order valence-electron chi connectivity index (χ2n) is 5.60. The van der Waals surface area contributed by atoms with Crippen LogP contribution < -0.4 is 15.5 Å². The molecule has 0 aromatic heterocycles. The van der Waals surface area contributed by atoms with Crippen molar-refractivity contribution in [1.29, 1.82) is 0 Å². The van der Waals surface area contributed by atoms with E-state index in [-0.39, 0.29) is 0 Å². The van der Waals surface area contributed by atoms with Crippen LogP contribution in [0.5, 0.6) is 5.75 Å². The third-order valence-electron chi connectivity index (χ3n) is 3.59. The summed E-state index contributed by atoms with van der Waals surface area (Å²) < 4.78 is 5.75. The highest BCUT2D eigenvalue weighted by Crippen LogP contribution is 2.21. The van der Waals surface area contributed by atoms with Gasteiger partial charge in [0.1, 0.15) is 5.75 Å². The van der Waals surface area contributed by atoms with Gasteiger partial charge in [0.15, 0.2) is 5.11 Å². The highest BCUT2D eigenvalue weighted by Gasteiger charge is 2.01. The molecule has 2 N–H and O–H groups in total. The van der Waals surface area contributed by atoms with E-state index in [4.69, 9.17) is 28.6 Å². The number of ether oxygens (including phenoxy) is 1. The average Bonchev–Trinajstić information content (AvgIpc) is 2.58. The monoisotopic (exact) mass is 369 g/mol. The van der Waals surface area contributed by atoms with Crippen LogP contribution in [0.25, 0.3) is 0 Å². The molecule has 0 radical (unpaired) electrons. The van der Waals surface area contributed by atoms with Gasteiger partial charge in [-0.3, -0.25) is 5.43 Å². The maximum Gasteiger partial charge on any atom is 0.186 e. The van der Waals surface area contributed by atoms with E-state index in [1.807, 2.05) is 18.2 Å². The van der Waals surface area contributed by atoms with E-state index in [2.05, 4.69) is 22.8 Å². The summed E-state index contributed by atoms with van der Waals surface area (Å²) in [5.74, 6) is 0.793. The lowest BCUT2D eigenvalue weighted by Gasteiger charge is -2.08. The van der Waals surface area contributed by atoms with Crippen LogP contribution in [0.4, 0.5) is 0 Å². The van der Waals surface area contributed by atoms with Crippen molar-refractivity contribution in [3.05, 3.63) is 28.8 Å². The number of unbranched alkanes of at least 4 members (excludes halogenated alkanes) is 6. The average molecular weight is 370 g/mol. The first kappa shape index (κ1) is 20.7. The summed E-state index contributed by atoms with van der Waals surface area (Å²) >= 11 is 11.2. The summed E-state index contributed by atoms with van der Waals surface area (Å²) in [6.07, 6.45) is 10.6. The zero-order chi connectivity index (χ0) is 17.6. The molecule has 6 heteroatoms. The largest absolute Gasteiger partial charge is 0.494 e. The molecule has 1 aromatic carbocycles. The van der Waals surface area contributed by atoms with Crippen molar-refractivity contribution in [3.8, 4) is 5.75 Å². The molecule has 0 spiro atoms. The van der Waals surface area contributed by atoms with E-state index in [0.717, 1.165) is 24.3 Å². The first-order valence-corrected chi connectivity index (χ1v) is 9.39. The summed E-state index contributed by atoms with van der Waals surface area (Å²) in [4.78, 5) is 0. The Morgan fingerprint density at radius 2 is 1.92 bits per heavy atom. The Bertz CT molecular complexity index is 523. The quantitative estimate of drug-likeness (QED) is 0.252. The summed E-state index contributed by atoms with van der Waals surface area (Å²) in [6, 6.07) is 5.61. The predicted molar refractivity (Wildman–Crippen MR) is 107 cm³/mol. The van der Waals surface area contributed by atoms with Crippen LogP contribution in [0, 0.1) is 0 Å². The molecule has 0 saturated heterocycles. The molecule has 0 bridgehead atoms. The smallest absolute Gasteiger partial charge is 0.186 e. The van der Waals surface area contributed by atoms with Gasteiger partial charge in [-0.2, -0.15) is 5.10 Å². The molecule has 134 valence electrons. The molecule has 24 heavy (non-hydrogen) atoms. The molecule has 0 heterocycles. The van der Waals surface area contributed by atoms with Crippen molar-refractivity contribution in [1.82, 2.24) is 10.7 Å². The second kappa shape index (κ2) is 13.0. The Kier molecular flexibility index (Phi) is 11.2. The van der Waals surface area contributed by atoms with Gasteiger partial charge in [0.2, 0.25) is 0 Å². The van der Waals surface area contributed by atoms with Gasteiger partial charge < -0.3 is 10.1 Å². The molecule has 0 fully saturated rings. The van der Waals surface area contributed by atoms with Crippen molar-refractivity contribution in [3.63, 3.8) is 0 Å². The summed E-state index contributed by atoms with van der Waals surface area (Å²) in [5.41, 5.74) is 3.50. The number of hydrogen-bond acceptors (Lipinski definition) is 3. The molecular weight excluding hydrogens is 342 g/mol. The highest BCUT2D eigenvalue weighted by molar-refractivity contribution is 7.80. The number of thiocarbonyl (C=S) groups is 1. The van der Waals surface area contributed by atoms with E-state index < -0.39 is 0 Å². The van der Waals surface area contributed by atoms with Gasteiger partial charge in [-0.15, -0.1) is 0 Å². The first-order valence-electron chi connectivity index (χ1n) is 8.60. The Hall–Kier alpha value is -1.33. The molecule has 0 aliphatic heterocycles. The molecule has 0 aliphatic rings. The standard InChI is InChI=1S/C18H28ClN3OS/c1-3-4-5-6-7-8-9-12-23-16-11-10-15(17(19)13-16)14-21-22-18(24)20-2/h10-11,13-14H,3-9,12H2,1-2H3,(H2,20,22,24)/b21-14+. The van der Waals surface area contributed by atoms with E-state index in [1.165, 1.54) is 38.5 Å². The molecule has 0 amide bonds. The summed E-state index contributed by atoms with van der Waals surface area (Å²) in [7, 11) is 1.73. The topological polar surface area (TPSA) is 45.6 Å². The lowest BCUT2D eigenvalue weighted by molar-refractivity contribution is 0.304. The molecule has 1 rings (SSSR count). The van der Waals surface area contributed by atoms with Crippen molar-refractivity contribution >= 4 is 35.1 Å². The van der Waals surface area contributed by atoms with Crippen molar-refractivity contribution in [2.75, 3.05) is 13.7 Å². The molecule has 0 atom stereocenters. The molecule has 0 aliphatic carbocycles. The Labute approximate surface area is 156 Å².